The fraction of sp³-hybridized carbons (Fsp3) is 0.286. The smallest absolute Gasteiger partial charge is 0.242 e. The van der Waals surface area contributed by atoms with E-state index in [4.69, 9.17) is 5.11 Å². The lowest BCUT2D eigenvalue weighted by atomic mass is 10.1. The van der Waals surface area contributed by atoms with Gasteiger partial charge >= 0.3 is 0 Å². The molecule has 0 radical (unpaired) electrons. The van der Waals surface area contributed by atoms with E-state index in [-0.39, 0.29) is 18.0 Å². The van der Waals surface area contributed by atoms with Gasteiger partial charge in [0.05, 0.1) is 11.5 Å². The lowest BCUT2D eigenvalue weighted by Gasteiger charge is -2.07. The van der Waals surface area contributed by atoms with E-state index in [1.165, 1.54) is 12.3 Å². The van der Waals surface area contributed by atoms with E-state index >= 15 is 0 Å². The highest BCUT2D eigenvalue weighted by Gasteiger charge is 2.17. The van der Waals surface area contributed by atoms with E-state index in [1.807, 2.05) is 31.2 Å². The van der Waals surface area contributed by atoms with Crippen LogP contribution < -0.4 is 4.72 Å². The number of nitrogens with zero attached hydrogens (tertiary/aromatic N) is 1. The first-order chi connectivity index (χ1) is 9.44. The summed E-state index contributed by atoms with van der Waals surface area (Å²) in [6, 6.07) is 9.10. The van der Waals surface area contributed by atoms with Gasteiger partial charge in [0.2, 0.25) is 10.0 Å². The first kappa shape index (κ1) is 14.8. The molecule has 1 heterocycles. The number of nitrogens with one attached hydrogen (secondary N) is 1. The maximum atomic E-state index is 12.2. The Morgan fingerprint density at radius 1 is 1.30 bits per heavy atom. The second-order valence-electron chi connectivity index (χ2n) is 4.69. The summed E-state index contributed by atoms with van der Waals surface area (Å²) in [5.41, 5.74) is 2.54. The zero-order valence-electron chi connectivity index (χ0n) is 11.5. The average Bonchev–Trinajstić information content (AvgIpc) is 2.80. The molecule has 0 fully saturated rings. The minimum atomic E-state index is -3.57. The van der Waals surface area contributed by atoms with Crippen LogP contribution in [0.4, 0.5) is 0 Å². The molecule has 108 valence electrons. The highest BCUT2D eigenvalue weighted by Crippen LogP contribution is 2.14. The van der Waals surface area contributed by atoms with Crippen molar-refractivity contribution in [3.8, 4) is 0 Å². The van der Waals surface area contributed by atoms with Crippen LogP contribution in [0.25, 0.3) is 0 Å². The van der Waals surface area contributed by atoms with Gasteiger partial charge in [-0.05, 0) is 24.1 Å². The van der Waals surface area contributed by atoms with Crippen molar-refractivity contribution in [2.75, 3.05) is 0 Å². The maximum absolute atomic E-state index is 12.2. The SMILES string of the molecule is Cc1ccccc1CNS(=O)(=O)c1cc(CO)n(C)c1. The van der Waals surface area contributed by atoms with Gasteiger partial charge in [-0.25, -0.2) is 13.1 Å². The van der Waals surface area contributed by atoms with Crippen molar-refractivity contribution in [3.63, 3.8) is 0 Å². The van der Waals surface area contributed by atoms with Crippen LogP contribution in [0, 0.1) is 6.92 Å². The maximum Gasteiger partial charge on any atom is 0.242 e. The zero-order chi connectivity index (χ0) is 14.8. The van der Waals surface area contributed by atoms with Gasteiger partial charge in [0.1, 0.15) is 0 Å². The van der Waals surface area contributed by atoms with Crippen LogP contribution in [-0.2, 0) is 30.2 Å². The third kappa shape index (κ3) is 3.09. The van der Waals surface area contributed by atoms with Crippen molar-refractivity contribution in [1.29, 1.82) is 0 Å². The first-order valence-electron chi connectivity index (χ1n) is 6.24. The molecule has 0 atom stereocenters. The summed E-state index contributed by atoms with van der Waals surface area (Å²) in [7, 11) is -1.87. The fourth-order valence-corrected chi connectivity index (χ4v) is 3.05. The molecule has 0 saturated heterocycles. The number of aliphatic hydroxyl groups excluding tert-OH is 1. The van der Waals surface area contributed by atoms with Crippen LogP contribution in [-0.4, -0.2) is 18.1 Å². The van der Waals surface area contributed by atoms with Gasteiger partial charge in [0, 0.05) is 25.5 Å². The number of aliphatic hydroxyl groups is 1. The van der Waals surface area contributed by atoms with E-state index in [1.54, 1.807) is 11.6 Å². The highest BCUT2D eigenvalue weighted by atomic mass is 32.2. The average molecular weight is 294 g/mol. The van der Waals surface area contributed by atoms with Crippen LogP contribution >= 0.6 is 0 Å². The Balaban J connectivity index is 2.17. The summed E-state index contributed by atoms with van der Waals surface area (Å²) in [5, 5.41) is 9.11. The van der Waals surface area contributed by atoms with Gasteiger partial charge in [0.15, 0.2) is 0 Å². The van der Waals surface area contributed by atoms with E-state index in [9.17, 15) is 8.42 Å². The van der Waals surface area contributed by atoms with Crippen molar-refractivity contribution in [3.05, 3.63) is 53.3 Å². The Bertz CT molecular complexity index is 705. The van der Waals surface area contributed by atoms with Crippen LogP contribution in [0.15, 0.2) is 41.4 Å². The molecule has 2 rings (SSSR count). The molecule has 0 aliphatic rings. The Morgan fingerprint density at radius 2 is 2.00 bits per heavy atom. The monoisotopic (exact) mass is 294 g/mol. The zero-order valence-corrected chi connectivity index (χ0v) is 12.3. The van der Waals surface area contributed by atoms with Crippen molar-refractivity contribution >= 4 is 10.0 Å². The van der Waals surface area contributed by atoms with E-state index < -0.39 is 10.0 Å². The predicted molar refractivity (Wildman–Crippen MR) is 76.5 cm³/mol. The van der Waals surface area contributed by atoms with Crippen molar-refractivity contribution < 1.29 is 13.5 Å². The van der Waals surface area contributed by atoms with E-state index in [0.717, 1.165) is 11.1 Å². The molecule has 0 aliphatic heterocycles. The van der Waals surface area contributed by atoms with Crippen LogP contribution in [0.3, 0.4) is 0 Å². The minimum absolute atomic E-state index is 0.164. The van der Waals surface area contributed by atoms with Gasteiger partial charge in [-0.15, -0.1) is 0 Å². The van der Waals surface area contributed by atoms with Gasteiger partial charge in [-0.3, -0.25) is 0 Å². The molecular formula is C14H18N2O3S. The Labute approximate surface area is 118 Å². The number of sulfonamides is 1. The molecule has 0 bridgehead atoms. The predicted octanol–water partition coefficient (Wildman–Crippen LogP) is 1.30. The topological polar surface area (TPSA) is 71.3 Å². The molecule has 20 heavy (non-hydrogen) atoms. The summed E-state index contributed by atoms with van der Waals surface area (Å²) in [4.78, 5) is 0.164. The molecule has 0 amide bonds. The van der Waals surface area contributed by atoms with Crippen molar-refractivity contribution in [2.45, 2.75) is 25.0 Å². The van der Waals surface area contributed by atoms with Crippen LogP contribution in [0.2, 0.25) is 0 Å². The Kier molecular flexibility index (Phi) is 4.27. The molecule has 0 unspecified atom stereocenters. The number of rotatable bonds is 5. The third-order valence-corrected chi connectivity index (χ3v) is 4.64. The number of hydrogen-bond acceptors (Lipinski definition) is 3. The lowest BCUT2D eigenvalue weighted by Crippen LogP contribution is -2.23. The molecule has 2 N–H and O–H groups in total. The third-order valence-electron chi connectivity index (χ3n) is 3.27. The molecular weight excluding hydrogens is 276 g/mol. The van der Waals surface area contributed by atoms with Crippen molar-refractivity contribution in [2.24, 2.45) is 7.05 Å². The van der Waals surface area contributed by atoms with E-state index in [2.05, 4.69) is 4.72 Å². The van der Waals surface area contributed by atoms with Gasteiger partial charge < -0.3 is 9.67 Å². The van der Waals surface area contributed by atoms with Crippen LogP contribution in [0.5, 0.6) is 0 Å². The quantitative estimate of drug-likeness (QED) is 0.873. The minimum Gasteiger partial charge on any atom is -0.390 e. The standard InChI is InChI=1S/C14H18N2O3S/c1-11-5-3-4-6-12(11)8-15-20(18,19)14-7-13(10-17)16(2)9-14/h3-7,9,15,17H,8,10H2,1-2H3. The van der Waals surface area contributed by atoms with Crippen molar-refractivity contribution in [1.82, 2.24) is 9.29 Å². The van der Waals surface area contributed by atoms with Gasteiger partial charge in [-0.1, -0.05) is 24.3 Å². The summed E-state index contributed by atoms with van der Waals surface area (Å²) in [6.07, 6.45) is 1.49. The summed E-state index contributed by atoms with van der Waals surface area (Å²) in [6.45, 7) is 2.00. The molecule has 6 heteroatoms. The van der Waals surface area contributed by atoms with Crippen LogP contribution in [0.1, 0.15) is 16.8 Å². The molecule has 0 saturated carbocycles. The second-order valence-corrected chi connectivity index (χ2v) is 6.45. The Morgan fingerprint density at radius 3 is 2.60 bits per heavy atom. The number of aryl methyl sites for hydroxylation is 2. The van der Waals surface area contributed by atoms with E-state index in [0.29, 0.717) is 5.69 Å². The summed E-state index contributed by atoms with van der Waals surface area (Å²) >= 11 is 0. The second kappa shape index (κ2) is 5.78. The molecule has 0 spiro atoms. The van der Waals surface area contributed by atoms with Gasteiger partial charge in [0.25, 0.3) is 0 Å². The fourth-order valence-electron chi connectivity index (χ4n) is 1.95. The number of benzene rings is 1. The summed E-state index contributed by atoms with van der Waals surface area (Å²) in [5.74, 6) is 0. The normalized spacial score (nSPS) is 11.8. The lowest BCUT2D eigenvalue weighted by molar-refractivity contribution is 0.272. The molecule has 1 aromatic heterocycles. The molecule has 2 aromatic rings. The number of aromatic nitrogens is 1. The van der Waals surface area contributed by atoms with Gasteiger partial charge in [-0.2, -0.15) is 0 Å². The molecule has 0 aliphatic carbocycles. The highest BCUT2D eigenvalue weighted by molar-refractivity contribution is 7.89. The Hall–Kier alpha value is -1.63. The summed E-state index contributed by atoms with van der Waals surface area (Å²) < 4.78 is 28.6. The first-order valence-corrected chi connectivity index (χ1v) is 7.72. The molecule has 5 nitrogen and oxygen atoms in total. The largest absolute Gasteiger partial charge is 0.390 e. The molecule has 1 aromatic carbocycles. The number of hydrogen-bond donors (Lipinski definition) is 2.